The van der Waals surface area contributed by atoms with Crippen LogP contribution in [0.5, 0.6) is 0 Å². The first-order valence-electron chi connectivity index (χ1n) is 9.47. The van der Waals surface area contributed by atoms with Crippen LogP contribution in [-0.2, 0) is 34.3 Å². The van der Waals surface area contributed by atoms with Crippen molar-refractivity contribution >= 4 is 27.3 Å². The number of aromatic nitrogens is 2. The predicted molar refractivity (Wildman–Crippen MR) is 113 cm³/mol. The molecule has 1 aliphatic rings. The van der Waals surface area contributed by atoms with E-state index in [1.165, 1.54) is 21.3 Å². The van der Waals surface area contributed by atoms with Gasteiger partial charge in [0.1, 0.15) is 16.6 Å². The van der Waals surface area contributed by atoms with Crippen LogP contribution in [0.25, 0.3) is 0 Å². The van der Waals surface area contributed by atoms with Gasteiger partial charge in [0.25, 0.3) is 10.0 Å². The zero-order valence-corrected chi connectivity index (χ0v) is 18.3. The Morgan fingerprint density at radius 2 is 1.93 bits per heavy atom. The molecule has 0 saturated heterocycles. The van der Waals surface area contributed by atoms with Crippen LogP contribution in [0.3, 0.4) is 0 Å². The van der Waals surface area contributed by atoms with E-state index in [4.69, 9.17) is 4.74 Å². The Bertz CT molecular complexity index is 1180. The fraction of sp³-hybridized carbons (Fsp3) is 0.286. The van der Waals surface area contributed by atoms with Crippen molar-refractivity contribution in [1.29, 1.82) is 0 Å². The lowest BCUT2D eigenvalue weighted by Gasteiger charge is -2.27. The number of hydrogen-bond donors (Lipinski definition) is 0. The average Bonchev–Trinajstić information content (AvgIpc) is 3.22. The van der Waals surface area contributed by atoms with Crippen molar-refractivity contribution in [2.45, 2.75) is 37.6 Å². The van der Waals surface area contributed by atoms with Crippen LogP contribution < -0.4 is 0 Å². The molecule has 4 rings (SSSR count). The van der Waals surface area contributed by atoms with Gasteiger partial charge in [-0.2, -0.15) is 4.31 Å². The standard InChI is InChI=1S/C21H21N3O4S2/c1-14-9-19(23-15(2)22-14)12-28-21(25)18-10-20(29-13-18)30(26,27)24-8-7-16-5-3-4-6-17(16)11-24/h3-6,9-10,13H,7-8,11-12H2,1-2H3. The molecule has 1 aliphatic heterocycles. The van der Waals surface area contributed by atoms with Crippen LogP contribution >= 0.6 is 11.3 Å². The van der Waals surface area contributed by atoms with Gasteiger partial charge < -0.3 is 4.74 Å². The minimum Gasteiger partial charge on any atom is -0.456 e. The third-order valence-corrected chi connectivity index (χ3v) is 8.13. The highest BCUT2D eigenvalue weighted by Crippen LogP contribution is 2.29. The Morgan fingerprint density at radius 3 is 2.70 bits per heavy atom. The Balaban J connectivity index is 1.46. The SMILES string of the molecule is Cc1cc(COC(=O)c2csc(S(=O)(=O)N3CCc4ccccc4C3)c2)nc(C)n1. The number of ether oxygens (including phenoxy) is 1. The maximum absolute atomic E-state index is 13.1. The van der Waals surface area contributed by atoms with E-state index >= 15 is 0 Å². The second kappa shape index (κ2) is 8.25. The molecule has 9 heteroatoms. The van der Waals surface area contributed by atoms with Gasteiger partial charge in [0.2, 0.25) is 0 Å². The van der Waals surface area contributed by atoms with Crippen LogP contribution in [0.1, 0.15) is 38.7 Å². The van der Waals surface area contributed by atoms with Gasteiger partial charge in [0, 0.05) is 24.2 Å². The first-order valence-corrected chi connectivity index (χ1v) is 11.8. The summed E-state index contributed by atoms with van der Waals surface area (Å²) in [6, 6.07) is 11.0. The minimum absolute atomic E-state index is 0.00384. The number of carbonyl (C=O) groups is 1. The number of fused-ring (bicyclic) bond motifs is 1. The molecule has 0 radical (unpaired) electrons. The van der Waals surface area contributed by atoms with Crippen molar-refractivity contribution in [2.75, 3.05) is 6.54 Å². The largest absolute Gasteiger partial charge is 0.456 e. The highest BCUT2D eigenvalue weighted by atomic mass is 32.2. The lowest BCUT2D eigenvalue weighted by Crippen LogP contribution is -2.35. The number of hydrogen-bond acceptors (Lipinski definition) is 7. The molecule has 30 heavy (non-hydrogen) atoms. The molecule has 0 unspecified atom stereocenters. The minimum atomic E-state index is -3.67. The van der Waals surface area contributed by atoms with Crippen molar-refractivity contribution in [3.63, 3.8) is 0 Å². The lowest BCUT2D eigenvalue weighted by atomic mass is 10.0. The number of sulfonamides is 1. The summed E-state index contributed by atoms with van der Waals surface area (Å²) in [7, 11) is -3.67. The molecule has 3 aromatic rings. The summed E-state index contributed by atoms with van der Waals surface area (Å²) in [5.74, 6) is 0.0266. The molecule has 2 aromatic heterocycles. The summed E-state index contributed by atoms with van der Waals surface area (Å²) in [5, 5.41) is 1.52. The van der Waals surface area contributed by atoms with Gasteiger partial charge in [0.15, 0.2) is 0 Å². The average molecular weight is 444 g/mol. The highest BCUT2D eigenvalue weighted by molar-refractivity contribution is 7.91. The molecule has 156 valence electrons. The topological polar surface area (TPSA) is 89.5 Å². The van der Waals surface area contributed by atoms with Crippen LogP contribution in [0.4, 0.5) is 0 Å². The van der Waals surface area contributed by atoms with Crippen molar-refractivity contribution in [1.82, 2.24) is 14.3 Å². The molecular weight excluding hydrogens is 422 g/mol. The maximum Gasteiger partial charge on any atom is 0.339 e. The number of benzene rings is 1. The number of carbonyl (C=O) groups excluding carboxylic acids is 1. The van der Waals surface area contributed by atoms with E-state index in [9.17, 15) is 13.2 Å². The smallest absolute Gasteiger partial charge is 0.339 e. The monoisotopic (exact) mass is 443 g/mol. The molecule has 0 N–H and O–H groups in total. The van der Waals surface area contributed by atoms with E-state index in [1.807, 2.05) is 31.2 Å². The maximum atomic E-state index is 13.1. The Kier molecular flexibility index (Phi) is 5.68. The summed E-state index contributed by atoms with van der Waals surface area (Å²) < 4.78 is 33.0. The Morgan fingerprint density at radius 1 is 1.17 bits per heavy atom. The summed E-state index contributed by atoms with van der Waals surface area (Å²) in [5.41, 5.74) is 3.80. The first kappa shape index (κ1) is 20.6. The number of aryl methyl sites for hydroxylation is 2. The molecule has 3 heterocycles. The fourth-order valence-corrected chi connectivity index (χ4v) is 6.17. The summed E-state index contributed by atoms with van der Waals surface area (Å²) in [4.78, 5) is 20.8. The molecular formula is C21H21N3O4S2. The molecule has 0 spiro atoms. The third kappa shape index (κ3) is 4.28. The van der Waals surface area contributed by atoms with E-state index in [1.54, 1.807) is 13.0 Å². The fourth-order valence-electron chi connectivity index (χ4n) is 3.45. The molecule has 0 bridgehead atoms. The van der Waals surface area contributed by atoms with E-state index < -0.39 is 16.0 Å². The second-order valence-corrected chi connectivity index (χ2v) is 10.2. The molecule has 7 nitrogen and oxygen atoms in total. The quantitative estimate of drug-likeness (QED) is 0.563. The van der Waals surface area contributed by atoms with Gasteiger partial charge >= 0.3 is 5.97 Å². The molecule has 1 aromatic carbocycles. The number of esters is 1. The third-order valence-electron chi connectivity index (χ3n) is 4.87. The van der Waals surface area contributed by atoms with E-state index in [0.717, 1.165) is 22.6 Å². The number of nitrogens with zero attached hydrogens (tertiary/aromatic N) is 3. The second-order valence-electron chi connectivity index (χ2n) is 7.14. The zero-order valence-electron chi connectivity index (χ0n) is 16.7. The summed E-state index contributed by atoms with van der Waals surface area (Å²) in [6.07, 6.45) is 0.674. The zero-order chi connectivity index (χ0) is 21.3. The van der Waals surface area contributed by atoms with Crippen molar-refractivity contribution in [3.05, 3.63) is 75.7 Å². The van der Waals surface area contributed by atoms with E-state index in [-0.39, 0.29) is 16.4 Å². The van der Waals surface area contributed by atoms with Gasteiger partial charge in [0.05, 0.1) is 11.3 Å². The number of rotatable bonds is 5. The van der Waals surface area contributed by atoms with Crippen molar-refractivity contribution in [2.24, 2.45) is 0 Å². The lowest BCUT2D eigenvalue weighted by molar-refractivity contribution is 0.0467. The van der Waals surface area contributed by atoms with Crippen LogP contribution in [0.2, 0.25) is 0 Å². The van der Waals surface area contributed by atoms with Crippen molar-refractivity contribution in [3.8, 4) is 0 Å². The molecule has 0 saturated carbocycles. The van der Waals surface area contributed by atoms with E-state index in [2.05, 4.69) is 9.97 Å². The van der Waals surface area contributed by atoms with Gasteiger partial charge in [-0.15, -0.1) is 11.3 Å². The Hall–Kier alpha value is -2.62. The number of thiophene rings is 1. The molecule has 0 amide bonds. The van der Waals surface area contributed by atoms with Gasteiger partial charge in [-0.3, -0.25) is 0 Å². The normalized spacial score (nSPS) is 14.3. The van der Waals surface area contributed by atoms with Crippen LogP contribution in [0, 0.1) is 13.8 Å². The summed E-state index contributed by atoms with van der Waals surface area (Å²) in [6.45, 7) is 4.37. The molecule has 0 fully saturated rings. The van der Waals surface area contributed by atoms with Crippen LogP contribution in [-0.4, -0.2) is 35.2 Å². The van der Waals surface area contributed by atoms with Gasteiger partial charge in [-0.05, 0) is 43.5 Å². The summed E-state index contributed by atoms with van der Waals surface area (Å²) >= 11 is 1.03. The molecule has 0 aliphatic carbocycles. The molecule has 0 atom stereocenters. The Labute approximate surface area is 179 Å². The highest BCUT2D eigenvalue weighted by Gasteiger charge is 2.30. The van der Waals surface area contributed by atoms with Gasteiger partial charge in [-0.25, -0.2) is 23.2 Å². The van der Waals surface area contributed by atoms with Crippen molar-refractivity contribution < 1.29 is 17.9 Å². The van der Waals surface area contributed by atoms with Gasteiger partial charge in [-0.1, -0.05) is 24.3 Å². The van der Waals surface area contributed by atoms with E-state index in [0.29, 0.717) is 31.0 Å². The van der Waals surface area contributed by atoms with Crippen LogP contribution in [0.15, 0.2) is 46.0 Å². The first-order chi connectivity index (χ1) is 14.3. The predicted octanol–water partition coefficient (Wildman–Crippen LogP) is 3.26.